The van der Waals surface area contributed by atoms with E-state index in [1.165, 1.54) is 6.07 Å². The summed E-state index contributed by atoms with van der Waals surface area (Å²) in [7, 11) is 0. The molecule has 2 aliphatic rings. The number of amides is 1. The number of anilines is 1. The van der Waals surface area contributed by atoms with Crippen LogP contribution in [0.3, 0.4) is 0 Å². The molecule has 0 spiro atoms. The largest absolute Gasteiger partial charge is 0.362 e. The fourth-order valence-corrected chi connectivity index (χ4v) is 2.70. The van der Waals surface area contributed by atoms with Gasteiger partial charge >= 0.3 is 0 Å². The van der Waals surface area contributed by atoms with Gasteiger partial charge in [-0.05, 0) is 18.9 Å². The summed E-state index contributed by atoms with van der Waals surface area (Å²) in [5, 5.41) is 11.1. The van der Waals surface area contributed by atoms with Gasteiger partial charge in [-0.1, -0.05) is 12.1 Å². The number of hydrogen-bond donors (Lipinski definition) is 1. The van der Waals surface area contributed by atoms with Crippen molar-refractivity contribution < 1.29 is 9.72 Å². The second kappa shape index (κ2) is 5.00. The van der Waals surface area contributed by atoms with Gasteiger partial charge < -0.3 is 15.5 Å². The molecule has 1 aliphatic carbocycles. The van der Waals surface area contributed by atoms with Crippen LogP contribution in [-0.2, 0) is 4.79 Å². The summed E-state index contributed by atoms with van der Waals surface area (Å²) >= 11 is 0. The van der Waals surface area contributed by atoms with Crippen LogP contribution in [0.15, 0.2) is 24.3 Å². The number of carbonyl (C=O) groups is 1. The zero-order valence-corrected chi connectivity index (χ0v) is 11.7. The van der Waals surface area contributed by atoms with E-state index in [1.54, 1.807) is 23.1 Å². The van der Waals surface area contributed by atoms with Crippen LogP contribution in [-0.4, -0.2) is 47.4 Å². The van der Waals surface area contributed by atoms with Gasteiger partial charge in [-0.15, -0.1) is 0 Å². The Balaban J connectivity index is 1.69. The third-order valence-corrected chi connectivity index (χ3v) is 4.20. The summed E-state index contributed by atoms with van der Waals surface area (Å²) in [6.45, 7) is 2.30. The predicted molar refractivity (Wildman–Crippen MR) is 78.0 cm³/mol. The number of nitrogens with zero attached hydrogens (tertiary/aromatic N) is 3. The lowest BCUT2D eigenvalue weighted by Gasteiger charge is -2.36. The Morgan fingerprint density at radius 1 is 1.19 bits per heavy atom. The third kappa shape index (κ3) is 2.56. The van der Waals surface area contributed by atoms with Crippen molar-refractivity contribution in [3.8, 4) is 0 Å². The van der Waals surface area contributed by atoms with Crippen LogP contribution >= 0.6 is 0 Å². The topological polar surface area (TPSA) is 92.7 Å². The van der Waals surface area contributed by atoms with E-state index in [4.69, 9.17) is 5.73 Å². The van der Waals surface area contributed by atoms with E-state index in [0.29, 0.717) is 31.9 Å². The van der Waals surface area contributed by atoms with E-state index in [0.717, 1.165) is 12.8 Å². The van der Waals surface area contributed by atoms with Crippen molar-refractivity contribution in [3.63, 3.8) is 0 Å². The van der Waals surface area contributed by atoms with Crippen LogP contribution < -0.4 is 10.6 Å². The fourth-order valence-electron chi connectivity index (χ4n) is 2.70. The Kier molecular flexibility index (Phi) is 3.29. The average molecular weight is 290 g/mol. The van der Waals surface area contributed by atoms with Crippen molar-refractivity contribution in [1.29, 1.82) is 0 Å². The molecule has 1 saturated heterocycles. The molecule has 112 valence electrons. The van der Waals surface area contributed by atoms with E-state index in [-0.39, 0.29) is 16.5 Å². The highest BCUT2D eigenvalue weighted by molar-refractivity contribution is 5.89. The highest BCUT2D eigenvalue weighted by Gasteiger charge is 2.48. The lowest BCUT2D eigenvalue weighted by atomic mass is 10.2. The summed E-state index contributed by atoms with van der Waals surface area (Å²) in [4.78, 5) is 26.6. The van der Waals surface area contributed by atoms with Crippen LogP contribution in [0.4, 0.5) is 11.4 Å². The summed E-state index contributed by atoms with van der Waals surface area (Å²) in [5.74, 6) is 0.0183. The molecule has 1 saturated carbocycles. The van der Waals surface area contributed by atoms with Gasteiger partial charge in [0.1, 0.15) is 5.69 Å². The molecule has 0 radical (unpaired) electrons. The molecule has 0 unspecified atom stereocenters. The van der Waals surface area contributed by atoms with E-state index in [9.17, 15) is 14.9 Å². The Bertz CT molecular complexity index is 577. The van der Waals surface area contributed by atoms with Crippen LogP contribution in [0.25, 0.3) is 0 Å². The first-order valence-electron chi connectivity index (χ1n) is 7.08. The van der Waals surface area contributed by atoms with E-state index in [1.807, 2.05) is 4.90 Å². The van der Waals surface area contributed by atoms with Gasteiger partial charge in [0.2, 0.25) is 5.91 Å². The third-order valence-electron chi connectivity index (χ3n) is 4.20. The van der Waals surface area contributed by atoms with Gasteiger partial charge in [0.05, 0.1) is 10.5 Å². The van der Waals surface area contributed by atoms with Crippen LogP contribution in [0, 0.1) is 10.1 Å². The van der Waals surface area contributed by atoms with E-state index < -0.39 is 5.54 Å². The lowest BCUT2D eigenvalue weighted by Crippen LogP contribution is -2.54. The van der Waals surface area contributed by atoms with Crippen LogP contribution in [0.1, 0.15) is 12.8 Å². The molecule has 21 heavy (non-hydrogen) atoms. The second-order valence-corrected chi connectivity index (χ2v) is 5.68. The van der Waals surface area contributed by atoms with Gasteiger partial charge in [0.25, 0.3) is 5.69 Å². The number of nitro groups is 1. The maximum Gasteiger partial charge on any atom is 0.292 e. The molecular weight excluding hydrogens is 272 g/mol. The molecule has 7 heteroatoms. The molecule has 0 bridgehead atoms. The Morgan fingerprint density at radius 2 is 1.81 bits per heavy atom. The highest BCUT2D eigenvalue weighted by atomic mass is 16.6. The maximum absolute atomic E-state index is 12.2. The van der Waals surface area contributed by atoms with Crippen molar-refractivity contribution in [1.82, 2.24) is 4.90 Å². The molecule has 0 atom stereocenters. The first kappa shape index (κ1) is 13.8. The van der Waals surface area contributed by atoms with Crippen molar-refractivity contribution in [2.24, 2.45) is 5.73 Å². The standard InChI is InChI=1S/C14H18N4O3/c15-14(5-6-14)13(19)17-9-7-16(8-10-17)11-3-1-2-4-12(11)18(20)21/h1-4H,5-10,15H2. The normalized spacial score (nSPS) is 20.2. The molecule has 1 amide bonds. The quantitative estimate of drug-likeness (QED) is 0.654. The first-order chi connectivity index (χ1) is 10.0. The van der Waals surface area contributed by atoms with Gasteiger partial charge in [-0.25, -0.2) is 0 Å². The van der Waals surface area contributed by atoms with Gasteiger partial charge in [0, 0.05) is 32.2 Å². The molecule has 1 aromatic rings. The molecule has 7 nitrogen and oxygen atoms in total. The fraction of sp³-hybridized carbons (Fsp3) is 0.500. The van der Waals surface area contributed by atoms with Crippen molar-refractivity contribution in [2.45, 2.75) is 18.4 Å². The lowest BCUT2D eigenvalue weighted by molar-refractivity contribution is -0.384. The average Bonchev–Trinajstić information content (AvgIpc) is 3.26. The maximum atomic E-state index is 12.2. The number of hydrogen-bond acceptors (Lipinski definition) is 5. The zero-order chi connectivity index (χ0) is 15.0. The smallest absolute Gasteiger partial charge is 0.292 e. The predicted octanol–water partition coefficient (Wildman–Crippen LogP) is 0.735. The number of piperazine rings is 1. The van der Waals surface area contributed by atoms with Crippen molar-refractivity contribution >= 4 is 17.3 Å². The van der Waals surface area contributed by atoms with E-state index in [2.05, 4.69) is 0 Å². The number of nitro benzene ring substituents is 1. The molecular formula is C14H18N4O3. The summed E-state index contributed by atoms with van der Waals surface area (Å²) in [6.07, 6.45) is 1.52. The number of carbonyl (C=O) groups excluding carboxylic acids is 1. The molecule has 2 fully saturated rings. The highest BCUT2D eigenvalue weighted by Crippen LogP contribution is 2.35. The van der Waals surface area contributed by atoms with Crippen molar-refractivity contribution in [3.05, 3.63) is 34.4 Å². The number of nitrogens with two attached hydrogens (primary N) is 1. The number of para-hydroxylation sites is 2. The van der Waals surface area contributed by atoms with Crippen molar-refractivity contribution in [2.75, 3.05) is 31.1 Å². The van der Waals surface area contributed by atoms with Crippen LogP contribution in [0.5, 0.6) is 0 Å². The molecule has 1 aromatic carbocycles. The summed E-state index contributed by atoms with van der Waals surface area (Å²) in [5.41, 5.74) is 6.02. The molecule has 1 heterocycles. The minimum atomic E-state index is -0.638. The van der Waals surface area contributed by atoms with E-state index >= 15 is 0 Å². The monoisotopic (exact) mass is 290 g/mol. The minimum absolute atomic E-state index is 0.0183. The zero-order valence-electron chi connectivity index (χ0n) is 11.7. The Morgan fingerprint density at radius 3 is 2.38 bits per heavy atom. The molecule has 2 N–H and O–H groups in total. The number of benzene rings is 1. The Hall–Kier alpha value is -2.15. The molecule has 1 aliphatic heterocycles. The summed E-state index contributed by atoms with van der Waals surface area (Å²) in [6, 6.07) is 6.71. The Labute approximate surface area is 122 Å². The van der Waals surface area contributed by atoms with Gasteiger partial charge in [0.15, 0.2) is 0 Å². The molecule has 0 aromatic heterocycles. The SMILES string of the molecule is NC1(C(=O)N2CCN(c3ccccc3[N+](=O)[O-])CC2)CC1. The summed E-state index contributed by atoms with van der Waals surface area (Å²) < 4.78 is 0. The number of rotatable bonds is 3. The van der Waals surface area contributed by atoms with Crippen LogP contribution in [0.2, 0.25) is 0 Å². The minimum Gasteiger partial charge on any atom is -0.362 e. The second-order valence-electron chi connectivity index (χ2n) is 5.68. The molecule has 3 rings (SSSR count). The van der Waals surface area contributed by atoms with Gasteiger partial charge in [-0.2, -0.15) is 0 Å². The van der Waals surface area contributed by atoms with Gasteiger partial charge in [-0.3, -0.25) is 14.9 Å². The first-order valence-corrected chi connectivity index (χ1v) is 7.08.